The maximum Gasteiger partial charge on any atom is 0.303 e. The number of rotatable bonds is 2. The molecule has 1 aromatic carbocycles. The van der Waals surface area contributed by atoms with Crippen LogP contribution >= 0.6 is 0 Å². The average molecular weight is 232 g/mol. The van der Waals surface area contributed by atoms with Gasteiger partial charge in [-0.1, -0.05) is 30.3 Å². The van der Waals surface area contributed by atoms with Crippen molar-refractivity contribution in [2.75, 3.05) is 0 Å². The Kier molecular flexibility index (Phi) is 3.51. The molecule has 17 heavy (non-hydrogen) atoms. The lowest BCUT2D eigenvalue weighted by Crippen LogP contribution is -2.35. The zero-order chi connectivity index (χ0) is 12.3. The van der Waals surface area contributed by atoms with E-state index in [0.29, 0.717) is 5.92 Å². The average Bonchev–Trinajstić information content (AvgIpc) is 2.29. The van der Waals surface area contributed by atoms with Gasteiger partial charge in [0.2, 0.25) is 0 Å². The smallest absolute Gasteiger partial charge is 0.303 e. The lowest BCUT2D eigenvalue weighted by molar-refractivity contribution is -0.158. The van der Waals surface area contributed by atoms with Crippen molar-refractivity contribution in [2.45, 2.75) is 51.0 Å². The molecule has 0 N–H and O–H groups in total. The molecular formula is C15H20O2. The van der Waals surface area contributed by atoms with Gasteiger partial charge in [-0.05, 0) is 44.1 Å². The molecule has 0 unspecified atom stereocenters. The van der Waals surface area contributed by atoms with E-state index >= 15 is 0 Å². The quantitative estimate of drug-likeness (QED) is 0.727. The summed E-state index contributed by atoms with van der Waals surface area (Å²) in [6.07, 6.45) is 4.14. The Morgan fingerprint density at radius 3 is 2.35 bits per heavy atom. The summed E-state index contributed by atoms with van der Waals surface area (Å²) < 4.78 is 5.42. The molecule has 1 aliphatic rings. The first-order valence-corrected chi connectivity index (χ1v) is 6.34. The Balaban J connectivity index is 1.96. The van der Waals surface area contributed by atoms with Crippen LogP contribution in [0.15, 0.2) is 30.3 Å². The summed E-state index contributed by atoms with van der Waals surface area (Å²) in [5.74, 6) is 0.463. The highest BCUT2D eigenvalue weighted by atomic mass is 16.6. The third-order valence-electron chi connectivity index (χ3n) is 3.70. The van der Waals surface area contributed by atoms with E-state index in [0.717, 1.165) is 25.7 Å². The SMILES string of the molecule is CC(=O)OC1(C)CCC(c2ccccc2)CC1. The molecule has 0 amide bonds. The van der Waals surface area contributed by atoms with E-state index < -0.39 is 0 Å². The predicted molar refractivity (Wildman–Crippen MR) is 67.8 cm³/mol. The fourth-order valence-corrected chi connectivity index (χ4v) is 2.74. The van der Waals surface area contributed by atoms with E-state index in [1.165, 1.54) is 12.5 Å². The van der Waals surface area contributed by atoms with Crippen molar-refractivity contribution in [3.8, 4) is 0 Å². The van der Waals surface area contributed by atoms with Crippen molar-refractivity contribution in [1.82, 2.24) is 0 Å². The molecule has 1 aliphatic carbocycles. The van der Waals surface area contributed by atoms with E-state index in [2.05, 4.69) is 37.3 Å². The maximum atomic E-state index is 11.0. The van der Waals surface area contributed by atoms with Gasteiger partial charge in [0, 0.05) is 6.92 Å². The molecule has 0 aromatic heterocycles. The normalized spacial score (nSPS) is 28.7. The minimum Gasteiger partial charge on any atom is -0.460 e. The van der Waals surface area contributed by atoms with Gasteiger partial charge in [-0.25, -0.2) is 0 Å². The molecule has 0 atom stereocenters. The van der Waals surface area contributed by atoms with Gasteiger partial charge in [0.25, 0.3) is 0 Å². The maximum absolute atomic E-state index is 11.0. The number of hydrogen-bond donors (Lipinski definition) is 0. The molecule has 1 fully saturated rings. The van der Waals surface area contributed by atoms with Gasteiger partial charge in [0.05, 0.1) is 0 Å². The molecule has 1 saturated carbocycles. The molecule has 0 spiro atoms. The summed E-state index contributed by atoms with van der Waals surface area (Å²) in [5, 5.41) is 0. The second-order valence-electron chi connectivity index (χ2n) is 5.23. The standard InChI is InChI=1S/C15H20O2/c1-12(16)17-15(2)10-8-14(9-11-15)13-6-4-3-5-7-13/h3-7,14H,8-11H2,1-2H3. The van der Waals surface area contributed by atoms with Crippen LogP contribution in [0.3, 0.4) is 0 Å². The first-order valence-electron chi connectivity index (χ1n) is 6.34. The van der Waals surface area contributed by atoms with Gasteiger partial charge in [-0.15, -0.1) is 0 Å². The number of ether oxygens (including phenoxy) is 1. The summed E-state index contributed by atoms with van der Waals surface area (Å²) in [6, 6.07) is 10.6. The highest BCUT2D eigenvalue weighted by Crippen LogP contribution is 2.39. The van der Waals surface area contributed by atoms with E-state index in [1.54, 1.807) is 0 Å². The van der Waals surface area contributed by atoms with E-state index in [1.807, 2.05) is 0 Å². The third kappa shape index (κ3) is 3.09. The number of benzene rings is 1. The van der Waals surface area contributed by atoms with Gasteiger partial charge in [-0.2, -0.15) is 0 Å². The molecule has 1 aromatic rings. The molecule has 0 heterocycles. The summed E-state index contributed by atoms with van der Waals surface area (Å²) >= 11 is 0. The third-order valence-corrected chi connectivity index (χ3v) is 3.70. The number of carbonyl (C=O) groups excluding carboxylic acids is 1. The molecule has 0 aliphatic heterocycles. The summed E-state index contributed by atoms with van der Waals surface area (Å²) in [7, 11) is 0. The lowest BCUT2D eigenvalue weighted by atomic mass is 9.77. The molecule has 0 bridgehead atoms. The minimum absolute atomic E-state index is 0.161. The minimum atomic E-state index is -0.239. The van der Waals surface area contributed by atoms with Gasteiger partial charge in [0.15, 0.2) is 0 Å². The molecule has 0 saturated heterocycles. The molecule has 2 heteroatoms. The Morgan fingerprint density at radius 2 is 1.82 bits per heavy atom. The fraction of sp³-hybridized carbons (Fsp3) is 0.533. The number of carbonyl (C=O) groups is 1. The highest BCUT2D eigenvalue weighted by molar-refractivity contribution is 5.66. The zero-order valence-electron chi connectivity index (χ0n) is 10.6. The Labute approximate surface area is 103 Å². The van der Waals surface area contributed by atoms with Crippen molar-refractivity contribution in [3.63, 3.8) is 0 Å². The van der Waals surface area contributed by atoms with Gasteiger partial charge in [0.1, 0.15) is 5.60 Å². The monoisotopic (exact) mass is 232 g/mol. The van der Waals surface area contributed by atoms with Gasteiger partial charge in [-0.3, -0.25) is 4.79 Å². The fourth-order valence-electron chi connectivity index (χ4n) is 2.74. The summed E-state index contributed by atoms with van der Waals surface area (Å²) in [4.78, 5) is 11.0. The Bertz CT molecular complexity index is 375. The molecule has 2 rings (SSSR count). The lowest BCUT2D eigenvalue weighted by Gasteiger charge is -2.36. The van der Waals surface area contributed by atoms with Crippen molar-refractivity contribution >= 4 is 5.97 Å². The van der Waals surface area contributed by atoms with Crippen LogP contribution in [0, 0.1) is 0 Å². The first-order chi connectivity index (χ1) is 8.09. The van der Waals surface area contributed by atoms with Crippen LogP contribution in [0.2, 0.25) is 0 Å². The van der Waals surface area contributed by atoms with E-state index in [4.69, 9.17) is 4.74 Å². The second-order valence-corrected chi connectivity index (χ2v) is 5.23. The predicted octanol–water partition coefficient (Wildman–Crippen LogP) is 3.67. The Hall–Kier alpha value is -1.31. The van der Waals surface area contributed by atoms with Crippen LogP contribution in [-0.4, -0.2) is 11.6 Å². The highest BCUT2D eigenvalue weighted by Gasteiger charge is 2.33. The first kappa shape index (κ1) is 12.2. The Morgan fingerprint density at radius 1 is 1.24 bits per heavy atom. The summed E-state index contributed by atoms with van der Waals surface area (Å²) in [6.45, 7) is 3.55. The topological polar surface area (TPSA) is 26.3 Å². The largest absolute Gasteiger partial charge is 0.460 e. The number of esters is 1. The van der Waals surface area contributed by atoms with Crippen LogP contribution in [-0.2, 0) is 9.53 Å². The van der Waals surface area contributed by atoms with E-state index in [-0.39, 0.29) is 11.6 Å². The van der Waals surface area contributed by atoms with Crippen molar-refractivity contribution in [1.29, 1.82) is 0 Å². The van der Waals surface area contributed by atoms with Crippen LogP contribution in [0.25, 0.3) is 0 Å². The van der Waals surface area contributed by atoms with Crippen LogP contribution in [0.5, 0.6) is 0 Å². The summed E-state index contributed by atoms with van der Waals surface area (Å²) in [5.41, 5.74) is 1.18. The van der Waals surface area contributed by atoms with E-state index in [9.17, 15) is 4.79 Å². The molecule has 92 valence electrons. The van der Waals surface area contributed by atoms with Gasteiger partial charge < -0.3 is 4.74 Å². The second kappa shape index (κ2) is 4.91. The van der Waals surface area contributed by atoms with Crippen molar-refractivity contribution in [3.05, 3.63) is 35.9 Å². The zero-order valence-corrected chi connectivity index (χ0v) is 10.6. The van der Waals surface area contributed by atoms with Crippen molar-refractivity contribution in [2.24, 2.45) is 0 Å². The number of hydrogen-bond acceptors (Lipinski definition) is 2. The van der Waals surface area contributed by atoms with Crippen LogP contribution in [0.4, 0.5) is 0 Å². The van der Waals surface area contributed by atoms with Crippen molar-refractivity contribution < 1.29 is 9.53 Å². The molecule has 0 radical (unpaired) electrons. The van der Waals surface area contributed by atoms with Gasteiger partial charge >= 0.3 is 5.97 Å². The van der Waals surface area contributed by atoms with Crippen LogP contribution < -0.4 is 0 Å². The van der Waals surface area contributed by atoms with Crippen LogP contribution in [0.1, 0.15) is 51.0 Å². The molecular weight excluding hydrogens is 212 g/mol. The molecule has 2 nitrogen and oxygen atoms in total.